The first-order chi connectivity index (χ1) is 15.2. The fourth-order valence-electron chi connectivity index (χ4n) is 4.04. The first-order valence-corrected chi connectivity index (χ1v) is 11.1. The molecule has 0 spiro atoms. The van der Waals surface area contributed by atoms with Gasteiger partial charge in [0.1, 0.15) is 0 Å². The number of anilines is 1. The lowest BCUT2D eigenvalue weighted by Gasteiger charge is -2.35. The number of hydrogen-bond acceptors (Lipinski definition) is 4. The van der Waals surface area contributed by atoms with Gasteiger partial charge in [-0.1, -0.05) is 49.7 Å². The standard InChI is InChI=1S/C25H31N5O/c1-2-9-24-18-21(27-30(24)23-12-7-4-8-13-23)19-26-25(31)20-28-14-16-29(17-15-28)22-10-5-3-6-11-22/h3-8,10-13,18H,2,9,14-17,19-20H2,1H3,(H,26,31). The Bertz CT molecular complexity index is 962. The lowest BCUT2D eigenvalue weighted by Crippen LogP contribution is -2.49. The van der Waals surface area contributed by atoms with Gasteiger partial charge in [-0.05, 0) is 36.8 Å². The Balaban J connectivity index is 1.28. The third-order valence-corrected chi connectivity index (χ3v) is 5.67. The van der Waals surface area contributed by atoms with E-state index in [1.807, 2.05) is 28.9 Å². The quantitative estimate of drug-likeness (QED) is 0.611. The average Bonchev–Trinajstić information content (AvgIpc) is 3.22. The number of nitrogens with one attached hydrogen (secondary N) is 1. The summed E-state index contributed by atoms with van der Waals surface area (Å²) in [5, 5.41) is 7.80. The molecular formula is C25H31N5O. The Morgan fingerprint density at radius 2 is 1.58 bits per heavy atom. The minimum atomic E-state index is 0.0551. The number of rotatable bonds is 8. The Labute approximate surface area is 184 Å². The van der Waals surface area contributed by atoms with Gasteiger partial charge in [0.15, 0.2) is 0 Å². The number of amides is 1. The number of piperazine rings is 1. The van der Waals surface area contributed by atoms with Crippen LogP contribution in [0.3, 0.4) is 0 Å². The van der Waals surface area contributed by atoms with Crippen molar-refractivity contribution < 1.29 is 4.79 Å². The molecule has 0 radical (unpaired) electrons. The highest BCUT2D eigenvalue weighted by atomic mass is 16.2. The van der Waals surface area contributed by atoms with E-state index < -0.39 is 0 Å². The van der Waals surface area contributed by atoms with E-state index in [0.717, 1.165) is 50.4 Å². The summed E-state index contributed by atoms with van der Waals surface area (Å²) in [5.41, 5.74) is 4.38. The molecular weight excluding hydrogens is 386 g/mol. The maximum Gasteiger partial charge on any atom is 0.234 e. The number of carbonyl (C=O) groups excluding carboxylic acids is 1. The molecule has 3 aromatic rings. The molecule has 4 rings (SSSR count). The second-order valence-corrected chi connectivity index (χ2v) is 8.00. The summed E-state index contributed by atoms with van der Waals surface area (Å²) in [7, 11) is 0. The summed E-state index contributed by atoms with van der Waals surface area (Å²) < 4.78 is 1.99. The fourth-order valence-corrected chi connectivity index (χ4v) is 4.04. The van der Waals surface area contributed by atoms with Crippen LogP contribution in [0, 0.1) is 0 Å². The summed E-state index contributed by atoms with van der Waals surface area (Å²) in [6, 6.07) is 22.7. The van der Waals surface area contributed by atoms with Crippen LogP contribution in [0.4, 0.5) is 5.69 Å². The van der Waals surface area contributed by atoms with Gasteiger partial charge < -0.3 is 10.2 Å². The topological polar surface area (TPSA) is 53.4 Å². The summed E-state index contributed by atoms with van der Waals surface area (Å²) >= 11 is 0. The molecule has 1 N–H and O–H groups in total. The van der Waals surface area contributed by atoms with Gasteiger partial charge in [0, 0.05) is 37.6 Å². The van der Waals surface area contributed by atoms with E-state index in [4.69, 9.17) is 5.10 Å². The zero-order valence-corrected chi connectivity index (χ0v) is 18.2. The molecule has 1 saturated heterocycles. The molecule has 0 atom stereocenters. The first-order valence-electron chi connectivity index (χ1n) is 11.1. The highest BCUT2D eigenvalue weighted by Gasteiger charge is 2.19. The maximum absolute atomic E-state index is 12.5. The van der Waals surface area contributed by atoms with Crippen molar-refractivity contribution >= 4 is 11.6 Å². The Morgan fingerprint density at radius 1 is 0.935 bits per heavy atom. The van der Waals surface area contributed by atoms with Gasteiger partial charge >= 0.3 is 0 Å². The van der Waals surface area contributed by atoms with Crippen LogP contribution >= 0.6 is 0 Å². The van der Waals surface area contributed by atoms with Gasteiger partial charge in [-0.3, -0.25) is 9.69 Å². The molecule has 1 aliphatic heterocycles. The van der Waals surface area contributed by atoms with E-state index in [1.54, 1.807) is 0 Å². The van der Waals surface area contributed by atoms with Crippen LogP contribution in [0.5, 0.6) is 0 Å². The summed E-state index contributed by atoms with van der Waals surface area (Å²) in [5.74, 6) is 0.0551. The lowest BCUT2D eigenvalue weighted by molar-refractivity contribution is -0.122. The lowest BCUT2D eigenvalue weighted by atomic mass is 10.2. The monoisotopic (exact) mass is 417 g/mol. The van der Waals surface area contributed by atoms with Crippen LogP contribution in [0.2, 0.25) is 0 Å². The molecule has 6 nitrogen and oxygen atoms in total. The van der Waals surface area contributed by atoms with Gasteiger partial charge in [0.05, 0.1) is 24.5 Å². The number of nitrogens with zero attached hydrogens (tertiary/aromatic N) is 4. The molecule has 31 heavy (non-hydrogen) atoms. The normalized spacial score (nSPS) is 14.5. The van der Waals surface area contributed by atoms with E-state index in [-0.39, 0.29) is 5.91 Å². The Hall–Kier alpha value is -3.12. The van der Waals surface area contributed by atoms with E-state index >= 15 is 0 Å². The zero-order valence-electron chi connectivity index (χ0n) is 18.2. The summed E-state index contributed by atoms with van der Waals surface area (Å²) in [4.78, 5) is 17.1. The Kier molecular flexibility index (Phi) is 6.99. The molecule has 162 valence electrons. The molecule has 1 amide bonds. The van der Waals surface area contributed by atoms with E-state index in [1.165, 1.54) is 11.4 Å². The number of carbonyl (C=O) groups is 1. The molecule has 0 saturated carbocycles. The third kappa shape index (κ3) is 5.52. The molecule has 2 heterocycles. The molecule has 0 unspecified atom stereocenters. The highest BCUT2D eigenvalue weighted by Crippen LogP contribution is 2.16. The molecule has 0 aliphatic carbocycles. The van der Waals surface area contributed by atoms with Crippen molar-refractivity contribution in [2.45, 2.75) is 26.3 Å². The van der Waals surface area contributed by atoms with E-state index in [2.05, 4.69) is 64.5 Å². The van der Waals surface area contributed by atoms with Crippen LogP contribution < -0.4 is 10.2 Å². The largest absolute Gasteiger partial charge is 0.369 e. The zero-order chi connectivity index (χ0) is 21.5. The average molecular weight is 418 g/mol. The van der Waals surface area contributed by atoms with Crippen LogP contribution in [-0.2, 0) is 17.8 Å². The molecule has 0 bridgehead atoms. The van der Waals surface area contributed by atoms with Crippen LogP contribution in [0.15, 0.2) is 66.7 Å². The van der Waals surface area contributed by atoms with Crippen LogP contribution in [-0.4, -0.2) is 53.3 Å². The van der Waals surface area contributed by atoms with Gasteiger partial charge in [-0.25, -0.2) is 4.68 Å². The minimum absolute atomic E-state index is 0.0551. The number of para-hydroxylation sites is 2. The number of benzene rings is 2. The first kappa shape index (κ1) is 21.1. The minimum Gasteiger partial charge on any atom is -0.369 e. The highest BCUT2D eigenvalue weighted by molar-refractivity contribution is 5.78. The maximum atomic E-state index is 12.5. The molecule has 1 fully saturated rings. The van der Waals surface area contributed by atoms with Gasteiger partial charge in [-0.2, -0.15) is 5.10 Å². The van der Waals surface area contributed by atoms with Crippen molar-refractivity contribution in [2.24, 2.45) is 0 Å². The van der Waals surface area contributed by atoms with Crippen molar-refractivity contribution in [3.8, 4) is 5.69 Å². The van der Waals surface area contributed by atoms with Crippen LogP contribution in [0.1, 0.15) is 24.7 Å². The van der Waals surface area contributed by atoms with Crippen molar-refractivity contribution in [1.82, 2.24) is 20.0 Å². The Morgan fingerprint density at radius 3 is 2.23 bits per heavy atom. The molecule has 2 aromatic carbocycles. The summed E-state index contributed by atoms with van der Waals surface area (Å²) in [6.07, 6.45) is 2.01. The van der Waals surface area contributed by atoms with E-state index in [9.17, 15) is 4.79 Å². The van der Waals surface area contributed by atoms with Gasteiger partial charge in [0.25, 0.3) is 0 Å². The second-order valence-electron chi connectivity index (χ2n) is 8.00. The smallest absolute Gasteiger partial charge is 0.234 e. The van der Waals surface area contributed by atoms with Crippen molar-refractivity contribution in [2.75, 3.05) is 37.6 Å². The third-order valence-electron chi connectivity index (χ3n) is 5.67. The van der Waals surface area contributed by atoms with Crippen molar-refractivity contribution in [3.05, 3.63) is 78.1 Å². The number of hydrogen-bond donors (Lipinski definition) is 1. The second kappa shape index (κ2) is 10.3. The number of aryl methyl sites for hydroxylation is 1. The van der Waals surface area contributed by atoms with E-state index in [0.29, 0.717) is 13.1 Å². The summed E-state index contributed by atoms with van der Waals surface area (Å²) in [6.45, 7) is 6.74. The predicted molar refractivity (Wildman–Crippen MR) is 125 cm³/mol. The predicted octanol–water partition coefficient (Wildman–Crippen LogP) is 3.26. The van der Waals surface area contributed by atoms with Crippen LogP contribution in [0.25, 0.3) is 5.69 Å². The van der Waals surface area contributed by atoms with Gasteiger partial charge in [0.2, 0.25) is 5.91 Å². The fraction of sp³-hybridized carbons (Fsp3) is 0.360. The molecule has 1 aromatic heterocycles. The SMILES string of the molecule is CCCc1cc(CNC(=O)CN2CCN(c3ccccc3)CC2)nn1-c1ccccc1. The van der Waals surface area contributed by atoms with Crippen molar-refractivity contribution in [1.29, 1.82) is 0 Å². The molecule has 1 aliphatic rings. The molecule has 6 heteroatoms. The number of aromatic nitrogens is 2. The van der Waals surface area contributed by atoms with Gasteiger partial charge in [-0.15, -0.1) is 0 Å². The van der Waals surface area contributed by atoms with Crippen molar-refractivity contribution in [3.63, 3.8) is 0 Å².